The van der Waals surface area contributed by atoms with Gasteiger partial charge in [-0.2, -0.15) is 26.3 Å². The summed E-state index contributed by atoms with van der Waals surface area (Å²) in [6.07, 6.45) is -9.24. The number of nitrogens with two attached hydrogens (primary N) is 1. The molecule has 0 saturated carbocycles. The van der Waals surface area contributed by atoms with Crippen LogP contribution < -0.4 is 10.6 Å². The van der Waals surface area contributed by atoms with Crippen molar-refractivity contribution in [2.24, 2.45) is 11.7 Å². The summed E-state index contributed by atoms with van der Waals surface area (Å²) in [6, 6.07) is 4.74. The molecule has 2 atom stereocenters. The molecular formula is C29H32F7N5O3. The highest BCUT2D eigenvalue weighted by Gasteiger charge is 2.43. The summed E-state index contributed by atoms with van der Waals surface area (Å²) in [5, 5.41) is 0. The van der Waals surface area contributed by atoms with Crippen molar-refractivity contribution in [3.63, 3.8) is 0 Å². The van der Waals surface area contributed by atoms with Gasteiger partial charge in [-0.1, -0.05) is 12.1 Å². The van der Waals surface area contributed by atoms with E-state index >= 15 is 0 Å². The van der Waals surface area contributed by atoms with Gasteiger partial charge in [0.2, 0.25) is 11.8 Å². The Balaban J connectivity index is 1.58. The van der Waals surface area contributed by atoms with Crippen molar-refractivity contribution in [2.75, 3.05) is 51.7 Å². The van der Waals surface area contributed by atoms with Gasteiger partial charge in [0, 0.05) is 44.7 Å². The number of carbonyl (C=O) groups is 3. The number of hydrogen-bond acceptors (Lipinski definition) is 4. The Hall–Kier alpha value is -3.88. The molecule has 15 heteroatoms. The molecule has 0 spiro atoms. The van der Waals surface area contributed by atoms with Crippen molar-refractivity contribution >= 4 is 23.5 Å². The third-order valence-electron chi connectivity index (χ3n) is 8.26. The molecule has 2 heterocycles. The lowest BCUT2D eigenvalue weighted by Crippen LogP contribution is -2.48. The van der Waals surface area contributed by atoms with Crippen LogP contribution in [0.2, 0.25) is 0 Å². The molecule has 240 valence electrons. The predicted molar refractivity (Wildman–Crippen MR) is 146 cm³/mol. The number of carbonyl (C=O) groups excluding carboxylic acids is 3. The van der Waals surface area contributed by atoms with E-state index in [1.54, 1.807) is 4.90 Å². The number of hydrogen-bond donors (Lipinski definition) is 1. The average molecular weight is 632 g/mol. The highest BCUT2D eigenvalue weighted by molar-refractivity contribution is 5.92. The summed E-state index contributed by atoms with van der Waals surface area (Å²) < 4.78 is 94.4. The van der Waals surface area contributed by atoms with Gasteiger partial charge in [-0.3, -0.25) is 19.4 Å². The molecule has 0 aromatic heterocycles. The number of likely N-dealkylation sites (N-methyl/N-ethyl adjacent to an activating group) is 1. The molecule has 0 unspecified atom stereocenters. The molecule has 2 aliphatic rings. The number of primary amides is 1. The first-order valence-electron chi connectivity index (χ1n) is 13.8. The quantitative estimate of drug-likeness (QED) is 0.475. The molecule has 0 radical (unpaired) electrons. The molecular weight excluding hydrogens is 599 g/mol. The molecule has 2 aromatic carbocycles. The van der Waals surface area contributed by atoms with E-state index in [0.29, 0.717) is 48.5 Å². The Bertz CT molecular complexity index is 1340. The molecule has 0 bridgehead atoms. The van der Waals surface area contributed by atoms with Crippen LogP contribution in [0, 0.1) is 11.7 Å². The van der Waals surface area contributed by atoms with E-state index < -0.39 is 58.9 Å². The number of likely N-dealkylation sites (tertiary alicyclic amines) is 2. The van der Waals surface area contributed by atoms with Crippen LogP contribution in [0.3, 0.4) is 0 Å². The second-order valence-electron chi connectivity index (χ2n) is 11.2. The molecule has 2 saturated heterocycles. The van der Waals surface area contributed by atoms with E-state index in [4.69, 9.17) is 5.73 Å². The molecule has 0 aliphatic carbocycles. The largest absolute Gasteiger partial charge is 0.416 e. The number of urea groups is 1. The predicted octanol–water partition coefficient (Wildman–Crippen LogP) is 4.54. The third kappa shape index (κ3) is 7.42. The van der Waals surface area contributed by atoms with Gasteiger partial charge in [-0.05, 0) is 61.8 Å². The molecule has 8 nitrogen and oxygen atoms in total. The van der Waals surface area contributed by atoms with Gasteiger partial charge in [0.1, 0.15) is 5.82 Å². The van der Waals surface area contributed by atoms with Crippen LogP contribution in [0.4, 0.5) is 41.2 Å². The first-order valence-corrected chi connectivity index (χ1v) is 13.8. The van der Waals surface area contributed by atoms with E-state index in [9.17, 15) is 45.1 Å². The zero-order valence-corrected chi connectivity index (χ0v) is 24.0. The molecule has 4 amide bonds. The zero-order valence-electron chi connectivity index (χ0n) is 24.0. The summed E-state index contributed by atoms with van der Waals surface area (Å²) >= 11 is 0. The van der Waals surface area contributed by atoms with Crippen molar-refractivity contribution in [1.29, 1.82) is 0 Å². The number of rotatable bonds is 6. The highest BCUT2D eigenvalue weighted by Crippen LogP contribution is 2.39. The van der Waals surface area contributed by atoms with Gasteiger partial charge < -0.3 is 15.5 Å². The van der Waals surface area contributed by atoms with Crippen LogP contribution in [0.1, 0.15) is 35.4 Å². The van der Waals surface area contributed by atoms with Crippen LogP contribution >= 0.6 is 0 Å². The van der Waals surface area contributed by atoms with Crippen molar-refractivity contribution in [1.82, 2.24) is 14.7 Å². The van der Waals surface area contributed by atoms with E-state index in [1.165, 1.54) is 36.2 Å². The average Bonchev–Trinajstić information content (AvgIpc) is 3.40. The lowest BCUT2D eigenvalue weighted by atomic mass is 9.93. The standard InChI is InChI=1S/C29H32F7N5O3/c1-38(22-12-19(28(31,32)33)11-20(13-22)29(34,35)36)27(44)39(2)24-15-41(14-23(24)17-3-5-21(30)6-4-17)26(43)18-7-9-40(10-8-18)16-25(37)42/h3-6,11-13,18,23-24H,7-10,14-16H2,1-2H3,(H2,37,42)/t23-,24+/m0/s1. The fourth-order valence-corrected chi connectivity index (χ4v) is 5.83. The van der Waals surface area contributed by atoms with Gasteiger partial charge >= 0.3 is 18.4 Å². The number of anilines is 1. The van der Waals surface area contributed by atoms with Gasteiger partial charge in [-0.25, -0.2) is 9.18 Å². The lowest BCUT2D eigenvalue weighted by Gasteiger charge is -2.33. The Morgan fingerprint density at radius 2 is 1.43 bits per heavy atom. The highest BCUT2D eigenvalue weighted by atomic mass is 19.4. The van der Waals surface area contributed by atoms with E-state index in [0.717, 1.165) is 7.05 Å². The molecule has 2 fully saturated rings. The molecule has 4 rings (SSSR count). The second kappa shape index (κ2) is 12.6. The summed E-state index contributed by atoms with van der Waals surface area (Å²) in [6.45, 7) is 1.24. The zero-order chi connectivity index (χ0) is 32.6. The maximum Gasteiger partial charge on any atom is 0.416 e. The van der Waals surface area contributed by atoms with Crippen molar-refractivity contribution < 1.29 is 45.1 Å². The Kier molecular flexibility index (Phi) is 9.47. The minimum Gasteiger partial charge on any atom is -0.369 e. The van der Waals surface area contributed by atoms with E-state index in [1.807, 2.05) is 4.90 Å². The maximum absolute atomic E-state index is 13.7. The first kappa shape index (κ1) is 33.0. The van der Waals surface area contributed by atoms with Crippen LogP contribution in [-0.4, -0.2) is 85.4 Å². The molecule has 2 N–H and O–H groups in total. The van der Waals surface area contributed by atoms with Crippen LogP contribution in [0.15, 0.2) is 42.5 Å². The molecule has 44 heavy (non-hydrogen) atoms. The van der Waals surface area contributed by atoms with E-state index in [2.05, 4.69) is 0 Å². The number of alkyl halides is 6. The van der Waals surface area contributed by atoms with Crippen LogP contribution in [0.5, 0.6) is 0 Å². The van der Waals surface area contributed by atoms with Crippen LogP contribution in [0.25, 0.3) is 0 Å². The molecule has 2 aromatic rings. The maximum atomic E-state index is 13.7. The normalized spacial score (nSPS) is 20.1. The van der Waals surface area contributed by atoms with Crippen molar-refractivity contribution in [3.05, 3.63) is 65.0 Å². The Morgan fingerprint density at radius 1 is 0.886 bits per heavy atom. The number of piperidine rings is 1. The fraction of sp³-hybridized carbons (Fsp3) is 0.483. The van der Waals surface area contributed by atoms with E-state index in [-0.39, 0.29) is 37.5 Å². The van der Waals surface area contributed by atoms with Crippen LogP contribution in [-0.2, 0) is 21.9 Å². The minimum absolute atomic E-state index is 0.0189. The minimum atomic E-state index is -5.10. The van der Waals surface area contributed by atoms with Gasteiger partial charge in [0.15, 0.2) is 0 Å². The number of nitrogens with zero attached hydrogens (tertiary/aromatic N) is 4. The topological polar surface area (TPSA) is 90.2 Å². The Labute approximate surface area is 249 Å². The SMILES string of the molecule is CN(C(=O)N(C)[C@@H]1CN(C(=O)C2CCN(CC(N)=O)CC2)C[C@H]1c1ccc(F)cc1)c1cc(C(F)(F)F)cc(C(F)(F)F)c1. The lowest BCUT2D eigenvalue weighted by molar-refractivity contribution is -0.143. The monoisotopic (exact) mass is 631 g/mol. The van der Waals surface area contributed by atoms with Crippen molar-refractivity contribution in [3.8, 4) is 0 Å². The van der Waals surface area contributed by atoms with Gasteiger partial charge in [0.25, 0.3) is 0 Å². The number of amides is 4. The fourth-order valence-electron chi connectivity index (χ4n) is 5.83. The third-order valence-corrected chi connectivity index (χ3v) is 8.26. The van der Waals surface area contributed by atoms with Crippen molar-refractivity contribution in [2.45, 2.75) is 37.2 Å². The number of halogens is 7. The summed E-state index contributed by atoms with van der Waals surface area (Å²) in [4.78, 5) is 43.7. The second-order valence-corrected chi connectivity index (χ2v) is 11.2. The van der Waals surface area contributed by atoms with Gasteiger partial charge in [-0.15, -0.1) is 0 Å². The summed E-state index contributed by atoms with van der Waals surface area (Å²) in [5.41, 5.74) is 2.12. The smallest absolute Gasteiger partial charge is 0.369 e. The van der Waals surface area contributed by atoms with Gasteiger partial charge in [0.05, 0.1) is 23.7 Å². The summed E-state index contributed by atoms with van der Waals surface area (Å²) in [5.74, 6) is -2.05. The number of benzene rings is 2. The Morgan fingerprint density at radius 3 is 1.93 bits per heavy atom. The first-order chi connectivity index (χ1) is 20.5. The molecule has 2 aliphatic heterocycles. The summed E-state index contributed by atoms with van der Waals surface area (Å²) in [7, 11) is 2.42.